The number of benzene rings is 6. The van der Waals surface area contributed by atoms with E-state index in [1.807, 2.05) is 112 Å². The van der Waals surface area contributed by atoms with Gasteiger partial charge >= 0.3 is 17.9 Å². The Balaban J connectivity index is 0.000000542. The number of aryl methyl sites for hydroxylation is 3. The molecular formula is C60H79N3O17S3-2. The van der Waals surface area contributed by atoms with Crippen molar-refractivity contribution >= 4 is 48.3 Å². The van der Waals surface area contributed by atoms with Crippen molar-refractivity contribution in [2.45, 2.75) is 124 Å². The van der Waals surface area contributed by atoms with Gasteiger partial charge in [0.15, 0.2) is 0 Å². The molecule has 0 radical (unpaired) electrons. The molecular weight excluding hydrogens is 1130 g/mol. The zero-order valence-electron chi connectivity index (χ0n) is 47.0. The van der Waals surface area contributed by atoms with Gasteiger partial charge in [0, 0.05) is 13.2 Å². The van der Waals surface area contributed by atoms with E-state index < -0.39 is 54.4 Å². The van der Waals surface area contributed by atoms with Gasteiger partial charge in [0.1, 0.15) is 38.4 Å². The molecule has 0 bridgehead atoms. The van der Waals surface area contributed by atoms with Gasteiger partial charge in [-0.25, -0.2) is 16.8 Å². The third-order valence-corrected chi connectivity index (χ3v) is 13.9. The SMILES string of the molecule is Cc1ccc(S(=O)(=O)O)cc1.Cc1ccc(S(=O)(=O)[O-])cc1.Cc1ccc(S(=O)(=O)[O-])cc1.NC(Cc1ccccc1)C(=O)O.NC(Cc1ccccc1)C(=O)OCCCCCCOC(=O)C(N)Cc1ccccc1.OCCCCCCO. The molecule has 0 fully saturated rings. The quantitative estimate of drug-likeness (QED) is 0.0182. The summed E-state index contributed by atoms with van der Waals surface area (Å²) in [5, 5.41) is 25.1. The summed E-state index contributed by atoms with van der Waals surface area (Å²) in [6.07, 6.45) is 8.43. The summed E-state index contributed by atoms with van der Waals surface area (Å²) in [6.45, 7) is 6.75. The molecule has 0 amide bonds. The lowest BCUT2D eigenvalue weighted by molar-refractivity contribution is -0.146. The van der Waals surface area contributed by atoms with Gasteiger partial charge in [-0.1, -0.05) is 157 Å². The number of rotatable bonds is 24. The summed E-state index contributed by atoms with van der Waals surface area (Å²) in [4.78, 5) is 33.8. The number of unbranched alkanes of at least 4 members (excludes halogenated alkanes) is 6. The molecule has 6 aromatic carbocycles. The molecule has 3 unspecified atom stereocenters. The van der Waals surface area contributed by atoms with Gasteiger partial charge in [0.05, 0.1) is 27.9 Å². The first-order chi connectivity index (χ1) is 39.2. The number of carboxylic acids is 1. The van der Waals surface area contributed by atoms with Crippen LogP contribution in [-0.2, 0) is 73.5 Å². The monoisotopic (exact) mass is 1210 g/mol. The summed E-state index contributed by atoms with van der Waals surface area (Å²) in [6, 6.07) is 44.1. The van der Waals surface area contributed by atoms with E-state index in [0.29, 0.717) is 32.5 Å². The first-order valence-corrected chi connectivity index (χ1v) is 30.7. The van der Waals surface area contributed by atoms with Gasteiger partial charge in [-0.05, 0) is 132 Å². The van der Waals surface area contributed by atoms with Crippen LogP contribution in [0.1, 0.15) is 84.7 Å². The van der Waals surface area contributed by atoms with E-state index in [2.05, 4.69) is 0 Å². The van der Waals surface area contributed by atoms with Crippen LogP contribution in [0, 0.1) is 20.8 Å². The minimum absolute atomic E-state index is 0.0666. The molecule has 0 heterocycles. The topological polar surface area (TPSA) is 377 Å². The van der Waals surface area contributed by atoms with Crippen molar-refractivity contribution in [2.75, 3.05) is 26.4 Å². The number of hydrogen-bond acceptors (Lipinski definition) is 18. The number of carbonyl (C=O) groups is 3. The third-order valence-electron chi connectivity index (χ3n) is 11.3. The van der Waals surface area contributed by atoms with E-state index in [1.165, 1.54) is 36.4 Å². The second-order valence-electron chi connectivity index (χ2n) is 18.7. The maximum absolute atomic E-state index is 11.9. The summed E-state index contributed by atoms with van der Waals surface area (Å²) < 4.78 is 102. The van der Waals surface area contributed by atoms with E-state index in [4.69, 9.17) is 46.5 Å². The highest BCUT2D eigenvalue weighted by molar-refractivity contribution is 7.86. The Bertz CT molecular complexity index is 2820. The predicted octanol–water partition coefficient (Wildman–Crippen LogP) is 6.99. The summed E-state index contributed by atoms with van der Waals surface area (Å²) in [5.74, 6) is -1.71. The average molecular weight is 1210 g/mol. The van der Waals surface area contributed by atoms with Crippen LogP contribution in [0.4, 0.5) is 0 Å². The molecule has 0 spiro atoms. The van der Waals surface area contributed by atoms with Crippen molar-refractivity contribution in [3.63, 3.8) is 0 Å². The Morgan fingerprint density at radius 1 is 0.422 bits per heavy atom. The molecule has 0 aliphatic carbocycles. The van der Waals surface area contributed by atoms with Crippen molar-refractivity contribution in [1.82, 2.24) is 0 Å². The lowest BCUT2D eigenvalue weighted by atomic mass is 10.1. The smallest absolute Gasteiger partial charge is 0.323 e. The zero-order valence-corrected chi connectivity index (χ0v) is 49.4. The molecule has 10 N–H and O–H groups in total. The molecule has 456 valence electrons. The molecule has 3 atom stereocenters. The van der Waals surface area contributed by atoms with Crippen molar-refractivity contribution in [2.24, 2.45) is 17.2 Å². The molecule has 0 saturated heterocycles. The van der Waals surface area contributed by atoms with Crippen LogP contribution in [0.2, 0.25) is 0 Å². The second kappa shape index (κ2) is 41.3. The van der Waals surface area contributed by atoms with Gasteiger partial charge < -0.3 is 51.1 Å². The first-order valence-electron chi connectivity index (χ1n) is 26.4. The number of aliphatic carboxylic acids is 1. The molecule has 20 nitrogen and oxygen atoms in total. The van der Waals surface area contributed by atoms with Crippen LogP contribution in [0.15, 0.2) is 178 Å². The van der Waals surface area contributed by atoms with Crippen LogP contribution in [0.3, 0.4) is 0 Å². The first kappa shape index (κ1) is 74.3. The zero-order chi connectivity index (χ0) is 62.3. The van der Waals surface area contributed by atoms with Crippen LogP contribution in [-0.4, -0.2) is 117 Å². The van der Waals surface area contributed by atoms with Gasteiger partial charge in [-0.15, -0.1) is 0 Å². The Morgan fingerprint density at radius 3 is 0.940 bits per heavy atom. The Morgan fingerprint density at radius 2 is 0.687 bits per heavy atom. The molecule has 23 heteroatoms. The minimum atomic E-state index is -4.27. The lowest BCUT2D eigenvalue weighted by Crippen LogP contribution is -2.34. The van der Waals surface area contributed by atoms with Gasteiger partial charge in [-0.2, -0.15) is 8.42 Å². The van der Waals surface area contributed by atoms with Crippen molar-refractivity contribution in [1.29, 1.82) is 0 Å². The molecule has 6 aromatic rings. The van der Waals surface area contributed by atoms with Crippen LogP contribution >= 0.6 is 0 Å². The number of aliphatic hydroxyl groups excluding tert-OH is 2. The van der Waals surface area contributed by atoms with E-state index in [9.17, 15) is 48.7 Å². The maximum Gasteiger partial charge on any atom is 0.323 e. The molecule has 0 aromatic heterocycles. The number of nitrogens with two attached hydrogens (primary N) is 3. The number of aliphatic hydroxyl groups is 2. The van der Waals surface area contributed by atoms with Gasteiger partial charge in [-0.3, -0.25) is 18.9 Å². The van der Waals surface area contributed by atoms with Gasteiger partial charge in [0.2, 0.25) is 0 Å². The van der Waals surface area contributed by atoms with Crippen LogP contribution in [0.5, 0.6) is 0 Å². The number of esters is 2. The lowest BCUT2D eigenvalue weighted by Gasteiger charge is -2.12. The fraction of sp³-hybridized carbons (Fsp3) is 0.350. The van der Waals surface area contributed by atoms with Crippen molar-refractivity contribution in [3.8, 4) is 0 Å². The van der Waals surface area contributed by atoms with Crippen LogP contribution in [0.25, 0.3) is 0 Å². The van der Waals surface area contributed by atoms with E-state index in [1.54, 1.807) is 36.4 Å². The minimum Gasteiger partial charge on any atom is -0.744 e. The third kappa shape index (κ3) is 36.5. The predicted molar refractivity (Wildman–Crippen MR) is 314 cm³/mol. The fourth-order valence-electron chi connectivity index (χ4n) is 6.67. The summed E-state index contributed by atoms with van der Waals surface area (Å²) in [7, 11) is -12.6. The van der Waals surface area contributed by atoms with Crippen LogP contribution < -0.4 is 17.2 Å². The van der Waals surface area contributed by atoms with E-state index in [0.717, 1.165) is 84.7 Å². The maximum atomic E-state index is 11.9. The highest BCUT2D eigenvalue weighted by Crippen LogP contribution is 2.12. The highest BCUT2D eigenvalue weighted by Gasteiger charge is 2.17. The molecule has 6 rings (SSSR count). The Kier molecular flexibility index (Phi) is 36.9. The number of hydrogen-bond donors (Lipinski definition) is 7. The molecule has 0 saturated carbocycles. The van der Waals surface area contributed by atoms with Crippen molar-refractivity contribution < 1.29 is 78.1 Å². The molecule has 0 aliphatic rings. The normalized spacial score (nSPS) is 11.9. The second-order valence-corrected chi connectivity index (χ2v) is 22.8. The van der Waals surface area contributed by atoms with Crippen molar-refractivity contribution in [3.05, 3.63) is 197 Å². The van der Waals surface area contributed by atoms with E-state index >= 15 is 0 Å². The molecule has 0 aliphatic heterocycles. The standard InChI is InChI=1S/C24H32N2O4.C9H11NO2.3C7H8O3S.C6H14O2/c25-21(17-19-11-5-3-6-12-19)23(27)29-15-9-1-2-10-16-30-24(28)22(26)18-20-13-7-4-8-14-20;10-8(9(11)12)6-7-4-2-1-3-5-7;3*1-6-2-4-7(5-3-6)11(8,9)10;7-5-3-1-2-4-6-8/h3-8,11-14,21-22H,1-2,9-10,15-18,25-26H2;1-5,8H,6,10H2,(H,11,12);3*2-5H,1H3,(H,8,9,10);7-8H,1-6H2/p-2. The summed E-state index contributed by atoms with van der Waals surface area (Å²) in [5.41, 5.74) is 22.9. The summed E-state index contributed by atoms with van der Waals surface area (Å²) >= 11 is 0. The largest absolute Gasteiger partial charge is 0.744 e. The Hall–Kier alpha value is -6.74. The number of ether oxygens (including phenoxy) is 2. The fourth-order valence-corrected chi connectivity index (χ4v) is 8.09. The molecule has 83 heavy (non-hydrogen) atoms. The Labute approximate surface area is 489 Å². The van der Waals surface area contributed by atoms with Gasteiger partial charge in [0.25, 0.3) is 10.1 Å². The number of carboxylic acid groups (broad SMARTS) is 1. The highest BCUT2D eigenvalue weighted by atomic mass is 32.2. The number of carbonyl (C=O) groups excluding carboxylic acids is 2. The van der Waals surface area contributed by atoms with E-state index in [-0.39, 0.29) is 39.8 Å². The average Bonchev–Trinajstić information content (AvgIpc) is 3.47.